The van der Waals surface area contributed by atoms with Gasteiger partial charge in [0.2, 0.25) is 0 Å². The molecule has 1 N–H and O–H groups in total. The second-order valence-electron chi connectivity index (χ2n) is 5.37. The summed E-state index contributed by atoms with van der Waals surface area (Å²) in [6.07, 6.45) is 6.46. The van der Waals surface area contributed by atoms with E-state index in [1.165, 1.54) is 6.21 Å². The fraction of sp³-hybridized carbons (Fsp3) is 0.0476. The van der Waals surface area contributed by atoms with E-state index in [4.69, 9.17) is 9.15 Å². The number of benzene rings is 2. The smallest absolute Gasteiger partial charge is 0.277 e. The zero-order valence-electron chi connectivity index (χ0n) is 14.0. The second kappa shape index (κ2) is 9.03. The number of carbonyl (C=O) groups excluding carboxylic acids is 1. The van der Waals surface area contributed by atoms with Crippen LogP contribution < -0.4 is 10.2 Å². The van der Waals surface area contributed by atoms with E-state index in [-0.39, 0.29) is 12.5 Å². The Hall–Kier alpha value is -3.60. The standard InChI is InChI=1S/C21H18N2O3/c24-21(23-22-14-4-8-19-9-5-15-25-19)16-26-20-12-10-18(11-13-20)17-6-2-1-3-7-17/h1-15H,16H2,(H,23,24)/b8-4-,22-14-. The number of nitrogens with zero attached hydrogens (tertiary/aromatic N) is 1. The molecule has 0 unspecified atom stereocenters. The molecule has 0 atom stereocenters. The Morgan fingerprint density at radius 2 is 1.77 bits per heavy atom. The number of hydrogen-bond acceptors (Lipinski definition) is 4. The van der Waals surface area contributed by atoms with Crippen molar-refractivity contribution in [2.24, 2.45) is 5.10 Å². The largest absolute Gasteiger partial charge is 0.484 e. The number of nitrogens with one attached hydrogen (secondary N) is 1. The predicted octanol–water partition coefficient (Wildman–Crippen LogP) is 4.14. The van der Waals surface area contributed by atoms with Crippen LogP contribution in [0, 0.1) is 0 Å². The molecular formula is C21H18N2O3. The second-order valence-corrected chi connectivity index (χ2v) is 5.37. The Morgan fingerprint density at radius 1 is 1.00 bits per heavy atom. The first-order valence-electron chi connectivity index (χ1n) is 8.11. The third-order valence-electron chi connectivity index (χ3n) is 3.48. The van der Waals surface area contributed by atoms with Crippen LogP contribution >= 0.6 is 0 Å². The Morgan fingerprint density at radius 3 is 2.50 bits per heavy atom. The Kier molecular flexibility index (Phi) is 5.99. The molecule has 1 amide bonds. The number of hydrogen-bond donors (Lipinski definition) is 1. The lowest BCUT2D eigenvalue weighted by Crippen LogP contribution is -2.24. The van der Waals surface area contributed by atoms with Gasteiger partial charge in [-0.15, -0.1) is 0 Å². The third kappa shape index (κ3) is 5.21. The summed E-state index contributed by atoms with van der Waals surface area (Å²) in [7, 11) is 0. The van der Waals surface area contributed by atoms with E-state index in [1.807, 2.05) is 60.7 Å². The van der Waals surface area contributed by atoms with Crippen molar-refractivity contribution in [3.05, 3.63) is 84.8 Å². The maximum absolute atomic E-state index is 11.7. The summed E-state index contributed by atoms with van der Waals surface area (Å²) in [6.45, 7) is -0.107. The van der Waals surface area contributed by atoms with Crippen LogP contribution in [0.2, 0.25) is 0 Å². The molecule has 0 saturated carbocycles. The minimum Gasteiger partial charge on any atom is -0.484 e. The van der Waals surface area contributed by atoms with Gasteiger partial charge in [0.05, 0.1) is 6.26 Å². The maximum atomic E-state index is 11.7. The van der Waals surface area contributed by atoms with Crippen molar-refractivity contribution >= 4 is 18.2 Å². The predicted molar refractivity (Wildman–Crippen MR) is 102 cm³/mol. The first-order valence-corrected chi connectivity index (χ1v) is 8.11. The third-order valence-corrected chi connectivity index (χ3v) is 3.48. The van der Waals surface area contributed by atoms with Gasteiger partial charge in [-0.1, -0.05) is 42.5 Å². The number of hydrazone groups is 1. The van der Waals surface area contributed by atoms with Gasteiger partial charge >= 0.3 is 0 Å². The van der Waals surface area contributed by atoms with Crippen molar-refractivity contribution in [1.82, 2.24) is 5.43 Å². The Labute approximate surface area is 151 Å². The number of rotatable bonds is 7. The number of carbonyl (C=O) groups is 1. The number of amides is 1. The quantitative estimate of drug-likeness (QED) is 0.516. The van der Waals surface area contributed by atoms with Crippen molar-refractivity contribution < 1.29 is 13.9 Å². The number of furan rings is 1. The van der Waals surface area contributed by atoms with Crippen LogP contribution in [-0.4, -0.2) is 18.7 Å². The van der Waals surface area contributed by atoms with Crippen molar-refractivity contribution in [1.29, 1.82) is 0 Å². The normalized spacial score (nSPS) is 11.1. The minimum atomic E-state index is -0.334. The lowest BCUT2D eigenvalue weighted by atomic mass is 10.1. The first-order chi connectivity index (χ1) is 12.8. The first kappa shape index (κ1) is 17.2. The van der Waals surface area contributed by atoms with E-state index in [0.29, 0.717) is 11.5 Å². The lowest BCUT2D eigenvalue weighted by Gasteiger charge is -2.06. The Balaban J connectivity index is 1.43. The molecule has 0 saturated heterocycles. The van der Waals surface area contributed by atoms with E-state index >= 15 is 0 Å². The number of ether oxygens (including phenoxy) is 1. The SMILES string of the molecule is O=C(COc1ccc(-c2ccccc2)cc1)N/N=C\C=C/c1ccco1. The zero-order chi connectivity index (χ0) is 18.0. The maximum Gasteiger partial charge on any atom is 0.277 e. The van der Waals surface area contributed by atoms with E-state index in [9.17, 15) is 4.79 Å². The van der Waals surface area contributed by atoms with Crippen molar-refractivity contribution in [3.8, 4) is 16.9 Å². The highest BCUT2D eigenvalue weighted by Crippen LogP contribution is 2.21. The lowest BCUT2D eigenvalue weighted by molar-refractivity contribution is -0.123. The van der Waals surface area contributed by atoms with Gasteiger partial charge in [-0.2, -0.15) is 5.10 Å². The molecule has 1 heterocycles. The van der Waals surface area contributed by atoms with Gasteiger partial charge in [0.25, 0.3) is 5.91 Å². The average molecular weight is 346 g/mol. The van der Waals surface area contributed by atoms with Gasteiger partial charge in [-0.05, 0) is 47.5 Å². The van der Waals surface area contributed by atoms with Crippen LogP contribution in [0.5, 0.6) is 5.75 Å². The highest BCUT2D eigenvalue weighted by molar-refractivity contribution is 5.81. The van der Waals surface area contributed by atoms with E-state index in [0.717, 1.165) is 11.1 Å². The van der Waals surface area contributed by atoms with Gasteiger partial charge < -0.3 is 9.15 Å². The van der Waals surface area contributed by atoms with Crippen molar-refractivity contribution in [2.75, 3.05) is 6.61 Å². The minimum absolute atomic E-state index is 0.107. The van der Waals surface area contributed by atoms with Crippen LogP contribution in [-0.2, 0) is 4.79 Å². The number of allylic oxidation sites excluding steroid dienone is 1. The molecule has 1 aromatic heterocycles. The van der Waals surface area contributed by atoms with Crippen LogP contribution in [0.3, 0.4) is 0 Å². The molecule has 130 valence electrons. The van der Waals surface area contributed by atoms with Crippen molar-refractivity contribution in [2.45, 2.75) is 0 Å². The summed E-state index contributed by atoms with van der Waals surface area (Å²) in [6, 6.07) is 21.3. The van der Waals surface area contributed by atoms with Crippen LogP contribution in [0.4, 0.5) is 0 Å². The molecule has 0 spiro atoms. The molecule has 0 fully saturated rings. The summed E-state index contributed by atoms with van der Waals surface area (Å²) in [5.41, 5.74) is 4.62. The molecule has 0 aliphatic heterocycles. The fourth-order valence-electron chi connectivity index (χ4n) is 2.23. The van der Waals surface area contributed by atoms with E-state index in [1.54, 1.807) is 24.5 Å². The summed E-state index contributed by atoms with van der Waals surface area (Å²) in [5, 5.41) is 3.80. The van der Waals surface area contributed by atoms with Gasteiger partial charge in [0.15, 0.2) is 6.61 Å². The Bertz CT molecular complexity index is 867. The molecule has 3 rings (SSSR count). The molecule has 2 aromatic carbocycles. The molecule has 5 nitrogen and oxygen atoms in total. The molecule has 5 heteroatoms. The highest BCUT2D eigenvalue weighted by Gasteiger charge is 2.02. The van der Waals surface area contributed by atoms with Crippen LogP contribution in [0.1, 0.15) is 5.76 Å². The molecule has 3 aromatic rings. The van der Waals surface area contributed by atoms with E-state index < -0.39 is 0 Å². The summed E-state index contributed by atoms with van der Waals surface area (Å²) >= 11 is 0. The highest BCUT2D eigenvalue weighted by atomic mass is 16.5. The average Bonchev–Trinajstić information content (AvgIpc) is 3.21. The van der Waals surface area contributed by atoms with Crippen LogP contribution in [0.15, 0.2) is 88.6 Å². The molecule has 0 bridgehead atoms. The van der Waals surface area contributed by atoms with Gasteiger partial charge in [0.1, 0.15) is 11.5 Å². The molecule has 0 radical (unpaired) electrons. The van der Waals surface area contributed by atoms with E-state index in [2.05, 4.69) is 10.5 Å². The van der Waals surface area contributed by atoms with Gasteiger partial charge in [0, 0.05) is 6.21 Å². The van der Waals surface area contributed by atoms with Crippen LogP contribution in [0.25, 0.3) is 17.2 Å². The van der Waals surface area contributed by atoms with Crippen molar-refractivity contribution in [3.63, 3.8) is 0 Å². The van der Waals surface area contributed by atoms with Gasteiger partial charge in [-0.3, -0.25) is 4.79 Å². The molecule has 26 heavy (non-hydrogen) atoms. The summed E-state index contributed by atoms with van der Waals surface area (Å²) in [4.78, 5) is 11.7. The fourth-order valence-corrected chi connectivity index (χ4v) is 2.23. The molecule has 0 aliphatic carbocycles. The molecular weight excluding hydrogens is 328 g/mol. The monoisotopic (exact) mass is 346 g/mol. The topological polar surface area (TPSA) is 63.8 Å². The van der Waals surface area contributed by atoms with Gasteiger partial charge in [-0.25, -0.2) is 5.43 Å². The summed E-state index contributed by atoms with van der Waals surface area (Å²) in [5.74, 6) is 1.01. The zero-order valence-corrected chi connectivity index (χ0v) is 14.0. The summed E-state index contributed by atoms with van der Waals surface area (Å²) < 4.78 is 10.6. The molecule has 0 aliphatic rings.